The van der Waals surface area contributed by atoms with Crippen LogP contribution in [0.2, 0.25) is 0 Å². The molecule has 0 atom stereocenters. The minimum absolute atomic E-state index is 0.141. The highest BCUT2D eigenvalue weighted by molar-refractivity contribution is 7.90. The Balaban J connectivity index is 1.69. The molecule has 0 unspecified atom stereocenters. The Bertz CT molecular complexity index is 1620. The summed E-state index contributed by atoms with van der Waals surface area (Å²) in [4.78, 5) is 13.3. The van der Waals surface area contributed by atoms with E-state index in [9.17, 15) is 26.4 Å². The lowest BCUT2D eigenvalue weighted by Crippen LogP contribution is -2.27. The molecule has 0 bridgehead atoms. The van der Waals surface area contributed by atoms with Crippen molar-refractivity contribution in [3.05, 3.63) is 72.4 Å². The van der Waals surface area contributed by atoms with Gasteiger partial charge in [0.25, 0.3) is 0 Å². The normalized spacial score (nSPS) is 12.4. The summed E-state index contributed by atoms with van der Waals surface area (Å²) < 4.78 is 76.8. The van der Waals surface area contributed by atoms with Gasteiger partial charge in [-0.2, -0.15) is 18.3 Å². The molecule has 0 radical (unpaired) electrons. The smallest absolute Gasteiger partial charge is 0.435 e. The van der Waals surface area contributed by atoms with Gasteiger partial charge in [0.1, 0.15) is 11.4 Å². The van der Waals surface area contributed by atoms with Crippen LogP contribution >= 0.6 is 11.3 Å². The molecule has 4 rings (SSSR count). The van der Waals surface area contributed by atoms with Crippen LogP contribution in [0.3, 0.4) is 0 Å². The summed E-state index contributed by atoms with van der Waals surface area (Å²) in [5.74, 6) is -0.337. The number of hydrogen-bond acceptors (Lipinski definition) is 7. The molecule has 7 nitrogen and oxygen atoms in total. The van der Waals surface area contributed by atoms with Crippen molar-refractivity contribution >= 4 is 27.1 Å². The maximum absolute atomic E-state index is 13.7. The van der Waals surface area contributed by atoms with Crippen LogP contribution in [0, 0.1) is 0 Å². The van der Waals surface area contributed by atoms with Gasteiger partial charge in [-0.3, -0.25) is 0 Å². The Morgan fingerprint density at radius 3 is 2.33 bits per heavy atom. The average Bonchev–Trinajstić information content (AvgIpc) is 3.49. The number of carbonyl (C=O) groups is 1. The predicted molar refractivity (Wildman–Crippen MR) is 142 cm³/mol. The maximum Gasteiger partial charge on any atom is 0.435 e. The predicted octanol–water partition coefficient (Wildman–Crippen LogP) is 6.41. The highest BCUT2D eigenvalue weighted by atomic mass is 32.2. The fourth-order valence-electron chi connectivity index (χ4n) is 3.62. The van der Waals surface area contributed by atoms with Crippen LogP contribution in [0.15, 0.2) is 71.6 Å². The lowest BCUT2D eigenvalue weighted by molar-refractivity contribution is -0.157. The second-order valence-electron chi connectivity index (χ2n) is 9.66. The van der Waals surface area contributed by atoms with Crippen LogP contribution in [0.25, 0.3) is 26.7 Å². The van der Waals surface area contributed by atoms with Crippen LogP contribution in [-0.4, -0.2) is 42.6 Å². The van der Waals surface area contributed by atoms with Gasteiger partial charge in [-0.05, 0) is 68.8 Å². The number of thiophene rings is 1. The number of hydrogen-bond donors (Lipinski definition) is 0. The van der Waals surface area contributed by atoms with E-state index >= 15 is 0 Å². The summed E-state index contributed by atoms with van der Waals surface area (Å²) in [6.45, 7) is 4.80. The molecule has 0 aliphatic heterocycles. The second-order valence-corrected chi connectivity index (χ2v) is 12.8. The van der Waals surface area contributed by atoms with Crippen LogP contribution in [0.1, 0.15) is 26.5 Å². The molecule has 2 heterocycles. The van der Waals surface area contributed by atoms with E-state index in [1.54, 1.807) is 63.2 Å². The zero-order chi connectivity index (χ0) is 28.6. The quantitative estimate of drug-likeness (QED) is 0.236. The van der Waals surface area contributed by atoms with Gasteiger partial charge in [-0.25, -0.2) is 17.9 Å². The number of ether oxygens (including phenoxy) is 2. The van der Waals surface area contributed by atoms with E-state index in [-0.39, 0.29) is 28.6 Å². The molecule has 2 aromatic carbocycles. The highest BCUT2D eigenvalue weighted by Crippen LogP contribution is 2.39. The molecular formula is C27H25F3N2O5S2. The molecular weight excluding hydrogens is 553 g/mol. The molecule has 0 fully saturated rings. The Labute approximate surface area is 227 Å². The van der Waals surface area contributed by atoms with E-state index in [2.05, 4.69) is 5.10 Å². The van der Waals surface area contributed by atoms with Crippen LogP contribution < -0.4 is 4.74 Å². The molecule has 206 valence electrons. The van der Waals surface area contributed by atoms with E-state index in [1.165, 1.54) is 29.5 Å². The summed E-state index contributed by atoms with van der Waals surface area (Å²) in [5, 5.41) is 3.81. The fraction of sp³-hybridized carbons (Fsp3) is 0.259. The minimum Gasteiger partial charge on any atom is -0.482 e. The van der Waals surface area contributed by atoms with E-state index in [4.69, 9.17) is 9.47 Å². The molecule has 0 saturated heterocycles. The number of carbonyl (C=O) groups excluding carboxylic acids is 1. The number of nitrogens with zero attached hydrogens (tertiary/aromatic N) is 2. The van der Waals surface area contributed by atoms with Gasteiger partial charge in [0.15, 0.2) is 22.1 Å². The Morgan fingerprint density at radius 1 is 0.974 bits per heavy atom. The molecule has 0 saturated carbocycles. The van der Waals surface area contributed by atoms with Crippen LogP contribution in [0.4, 0.5) is 13.2 Å². The van der Waals surface area contributed by atoms with Crippen LogP contribution in [0.5, 0.6) is 5.75 Å². The number of halogens is 3. The monoisotopic (exact) mass is 578 g/mol. The summed E-state index contributed by atoms with van der Waals surface area (Å²) in [5.41, 5.74) is -0.676. The lowest BCUT2D eigenvalue weighted by Gasteiger charge is -2.19. The fourth-order valence-corrected chi connectivity index (χ4v) is 5.29. The number of rotatable bonds is 7. The summed E-state index contributed by atoms with van der Waals surface area (Å²) in [7, 11) is -3.43. The molecule has 4 aromatic rings. The first-order valence-corrected chi connectivity index (χ1v) is 14.3. The first-order chi connectivity index (χ1) is 18.1. The topological polar surface area (TPSA) is 87.5 Å². The van der Waals surface area contributed by atoms with E-state index in [1.807, 2.05) is 0 Å². The molecule has 2 aromatic heterocycles. The van der Waals surface area contributed by atoms with E-state index < -0.39 is 33.3 Å². The standard InChI is InChI=1S/C27H25F3N2O5S2/c1-26(2,3)37-25(33)16-36-19-9-6-8-18(14-19)32-21(15-24(31-32)27(28,29)30)23-12-11-22(38-23)17-7-5-10-20(13-17)39(4,34)35/h5-15H,16H2,1-4H3. The number of aromatic nitrogens is 2. The van der Waals surface area contributed by atoms with Crippen molar-refractivity contribution in [3.8, 4) is 32.4 Å². The van der Waals surface area contributed by atoms with Gasteiger partial charge in [0, 0.05) is 17.2 Å². The zero-order valence-corrected chi connectivity index (χ0v) is 23.1. The Kier molecular flexibility index (Phi) is 7.63. The van der Waals surface area contributed by atoms with Crippen molar-refractivity contribution in [2.24, 2.45) is 0 Å². The molecule has 12 heteroatoms. The summed E-state index contributed by atoms with van der Waals surface area (Å²) in [6.07, 6.45) is -3.58. The lowest BCUT2D eigenvalue weighted by atomic mass is 10.2. The average molecular weight is 579 g/mol. The van der Waals surface area contributed by atoms with Crippen molar-refractivity contribution in [2.75, 3.05) is 12.9 Å². The van der Waals surface area contributed by atoms with Gasteiger partial charge in [-0.15, -0.1) is 11.3 Å². The first kappa shape index (κ1) is 28.4. The first-order valence-electron chi connectivity index (χ1n) is 11.6. The summed E-state index contributed by atoms with van der Waals surface area (Å²) in [6, 6.07) is 16.9. The molecule has 0 amide bonds. The number of benzene rings is 2. The van der Waals surface area contributed by atoms with Gasteiger partial charge >= 0.3 is 12.1 Å². The summed E-state index contributed by atoms with van der Waals surface area (Å²) >= 11 is 1.20. The van der Waals surface area contributed by atoms with Crippen LogP contribution in [-0.2, 0) is 25.5 Å². The van der Waals surface area contributed by atoms with E-state index in [0.29, 0.717) is 15.3 Å². The van der Waals surface area contributed by atoms with Crippen molar-refractivity contribution in [1.82, 2.24) is 9.78 Å². The van der Waals surface area contributed by atoms with Gasteiger partial charge in [0.05, 0.1) is 21.2 Å². The number of sulfone groups is 1. The zero-order valence-electron chi connectivity index (χ0n) is 21.4. The highest BCUT2D eigenvalue weighted by Gasteiger charge is 2.35. The van der Waals surface area contributed by atoms with Crippen molar-refractivity contribution in [2.45, 2.75) is 37.4 Å². The van der Waals surface area contributed by atoms with Crippen molar-refractivity contribution < 1.29 is 35.9 Å². The third kappa shape index (κ3) is 7.07. The Morgan fingerprint density at radius 2 is 1.67 bits per heavy atom. The maximum atomic E-state index is 13.7. The van der Waals surface area contributed by atoms with Gasteiger partial charge in [0.2, 0.25) is 0 Å². The molecule has 0 N–H and O–H groups in total. The van der Waals surface area contributed by atoms with Gasteiger partial charge < -0.3 is 9.47 Å². The third-order valence-electron chi connectivity index (χ3n) is 5.24. The molecule has 0 spiro atoms. The third-order valence-corrected chi connectivity index (χ3v) is 7.51. The molecule has 0 aliphatic carbocycles. The van der Waals surface area contributed by atoms with Gasteiger partial charge in [-0.1, -0.05) is 18.2 Å². The molecule has 39 heavy (non-hydrogen) atoms. The minimum atomic E-state index is -4.69. The van der Waals surface area contributed by atoms with Crippen molar-refractivity contribution in [3.63, 3.8) is 0 Å². The van der Waals surface area contributed by atoms with E-state index in [0.717, 1.165) is 17.0 Å². The second kappa shape index (κ2) is 10.5. The number of esters is 1. The molecule has 0 aliphatic rings. The number of alkyl halides is 3. The SMILES string of the molecule is CC(C)(C)OC(=O)COc1cccc(-n2nc(C(F)(F)F)cc2-c2ccc(-c3cccc(S(C)(=O)=O)c3)s2)c1. The Hall–Kier alpha value is -3.64. The largest absolute Gasteiger partial charge is 0.482 e. The van der Waals surface area contributed by atoms with Crippen molar-refractivity contribution in [1.29, 1.82) is 0 Å².